The standard InChI is InChI=1S/C16H18FN3O9/c1-6(21)26-5-9-12(27-7(2)22)13(28-8(3)23)16(29-9)20-4-10(17)19-11(14(18)24)15(20)25/h4,9,12-13,16H,5H2,1-3H3,(H2,18,24). The van der Waals surface area contributed by atoms with Crippen molar-refractivity contribution in [3.05, 3.63) is 28.2 Å². The van der Waals surface area contributed by atoms with Gasteiger partial charge in [-0.25, -0.2) is 4.98 Å². The van der Waals surface area contributed by atoms with E-state index in [-0.39, 0.29) is 0 Å². The van der Waals surface area contributed by atoms with Crippen LogP contribution in [0.2, 0.25) is 0 Å². The van der Waals surface area contributed by atoms with Crippen LogP contribution in [0.3, 0.4) is 0 Å². The quantitative estimate of drug-likeness (QED) is 0.440. The lowest BCUT2D eigenvalue weighted by molar-refractivity contribution is -0.166. The number of primary amides is 1. The van der Waals surface area contributed by atoms with E-state index in [1.54, 1.807) is 0 Å². The fourth-order valence-electron chi connectivity index (χ4n) is 2.75. The van der Waals surface area contributed by atoms with Crippen LogP contribution in [-0.4, -0.2) is 58.3 Å². The summed E-state index contributed by atoms with van der Waals surface area (Å²) < 4.78 is 35.1. The highest BCUT2D eigenvalue weighted by atomic mass is 19.1. The molecule has 12 nitrogen and oxygen atoms in total. The van der Waals surface area contributed by atoms with Crippen LogP contribution in [0.25, 0.3) is 0 Å². The van der Waals surface area contributed by atoms with Gasteiger partial charge in [0.1, 0.15) is 12.7 Å². The number of rotatable bonds is 6. The van der Waals surface area contributed by atoms with Crippen molar-refractivity contribution < 1.29 is 42.5 Å². The first-order valence-electron chi connectivity index (χ1n) is 8.23. The number of amides is 1. The first kappa shape index (κ1) is 21.9. The van der Waals surface area contributed by atoms with E-state index in [4.69, 9.17) is 24.7 Å². The van der Waals surface area contributed by atoms with E-state index in [1.165, 1.54) is 0 Å². The SMILES string of the molecule is CC(=O)OCC1OC(n2cc(F)nc(C(N)=O)c2=O)C(OC(C)=O)C1OC(C)=O. The second-order valence-electron chi connectivity index (χ2n) is 6.00. The summed E-state index contributed by atoms with van der Waals surface area (Å²) in [6.07, 6.45) is -4.84. The zero-order valence-electron chi connectivity index (χ0n) is 15.6. The summed E-state index contributed by atoms with van der Waals surface area (Å²) in [4.78, 5) is 61.2. The van der Waals surface area contributed by atoms with Gasteiger partial charge < -0.3 is 24.7 Å². The number of nitrogens with zero attached hydrogens (tertiary/aromatic N) is 2. The second-order valence-corrected chi connectivity index (χ2v) is 6.00. The Bertz CT molecular complexity index is 900. The Morgan fingerprint density at radius 3 is 2.24 bits per heavy atom. The van der Waals surface area contributed by atoms with Crippen LogP contribution in [-0.2, 0) is 33.3 Å². The minimum Gasteiger partial charge on any atom is -0.463 e. The number of halogens is 1. The summed E-state index contributed by atoms with van der Waals surface area (Å²) in [5, 5.41) is 0. The van der Waals surface area contributed by atoms with Gasteiger partial charge in [-0.2, -0.15) is 4.39 Å². The number of carbonyl (C=O) groups excluding carboxylic acids is 4. The van der Waals surface area contributed by atoms with Gasteiger partial charge in [-0.15, -0.1) is 0 Å². The Hall–Kier alpha value is -3.35. The zero-order valence-corrected chi connectivity index (χ0v) is 15.6. The van der Waals surface area contributed by atoms with E-state index in [0.717, 1.165) is 20.8 Å². The molecule has 1 aliphatic rings. The normalized spacial score (nSPS) is 23.3. The minimum absolute atomic E-state index is 0.424. The predicted octanol–water partition coefficient (Wildman–Crippen LogP) is -1.19. The smallest absolute Gasteiger partial charge is 0.303 e. The number of carbonyl (C=O) groups is 4. The summed E-state index contributed by atoms with van der Waals surface area (Å²) in [7, 11) is 0. The number of hydrogen-bond acceptors (Lipinski definition) is 10. The van der Waals surface area contributed by atoms with E-state index < -0.39 is 72.2 Å². The fraction of sp³-hybridized carbons (Fsp3) is 0.500. The second kappa shape index (κ2) is 8.77. The molecule has 158 valence electrons. The molecular weight excluding hydrogens is 397 g/mol. The maximum absolute atomic E-state index is 13.9. The highest BCUT2D eigenvalue weighted by Crippen LogP contribution is 2.33. The molecule has 0 saturated carbocycles. The highest BCUT2D eigenvalue weighted by molar-refractivity contribution is 5.90. The minimum atomic E-state index is -1.54. The van der Waals surface area contributed by atoms with Crippen LogP contribution in [0, 0.1) is 5.95 Å². The molecule has 1 fully saturated rings. The summed E-state index contributed by atoms with van der Waals surface area (Å²) in [5.41, 5.74) is 2.99. The molecule has 0 radical (unpaired) electrons. The molecule has 0 aliphatic carbocycles. The van der Waals surface area contributed by atoms with Crippen molar-refractivity contribution >= 4 is 23.8 Å². The molecule has 0 aromatic carbocycles. The fourth-order valence-corrected chi connectivity index (χ4v) is 2.75. The van der Waals surface area contributed by atoms with Crippen molar-refractivity contribution in [3.63, 3.8) is 0 Å². The molecule has 1 aromatic heterocycles. The Labute approximate surface area is 162 Å². The zero-order chi connectivity index (χ0) is 21.9. The highest BCUT2D eigenvalue weighted by Gasteiger charge is 2.51. The molecule has 1 saturated heterocycles. The van der Waals surface area contributed by atoms with E-state index in [1.807, 2.05) is 0 Å². The molecule has 2 heterocycles. The monoisotopic (exact) mass is 415 g/mol. The number of aromatic nitrogens is 2. The Balaban J connectivity index is 2.54. The maximum Gasteiger partial charge on any atom is 0.303 e. The third-order valence-corrected chi connectivity index (χ3v) is 3.75. The Kier molecular flexibility index (Phi) is 6.64. The largest absolute Gasteiger partial charge is 0.463 e. The van der Waals surface area contributed by atoms with Crippen molar-refractivity contribution in [2.75, 3.05) is 6.61 Å². The third kappa shape index (κ3) is 5.13. The number of nitrogens with two attached hydrogens (primary N) is 1. The topological polar surface area (TPSA) is 166 Å². The van der Waals surface area contributed by atoms with Crippen molar-refractivity contribution in [2.24, 2.45) is 5.73 Å². The van der Waals surface area contributed by atoms with Crippen LogP contribution < -0.4 is 11.3 Å². The van der Waals surface area contributed by atoms with E-state index >= 15 is 0 Å². The average molecular weight is 415 g/mol. The molecule has 2 N–H and O–H groups in total. The summed E-state index contributed by atoms with van der Waals surface area (Å²) >= 11 is 0. The Morgan fingerprint density at radius 1 is 1.14 bits per heavy atom. The molecule has 0 spiro atoms. The van der Waals surface area contributed by atoms with Crippen molar-refractivity contribution in [3.8, 4) is 0 Å². The third-order valence-electron chi connectivity index (χ3n) is 3.75. The molecule has 1 aromatic rings. The van der Waals surface area contributed by atoms with E-state index in [0.29, 0.717) is 10.8 Å². The van der Waals surface area contributed by atoms with Gasteiger partial charge in [-0.05, 0) is 0 Å². The van der Waals surface area contributed by atoms with Gasteiger partial charge in [0.2, 0.25) is 5.95 Å². The molecule has 2 rings (SSSR count). The van der Waals surface area contributed by atoms with E-state index in [9.17, 15) is 28.4 Å². The van der Waals surface area contributed by atoms with E-state index in [2.05, 4.69) is 4.98 Å². The van der Waals surface area contributed by atoms with Crippen LogP contribution in [0.5, 0.6) is 0 Å². The van der Waals surface area contributed by atoms with Crippen LogP contribution >= 0.6 is 0 Å². The Morgan fingerprint density at radius 2 is 1.72 bits per heavy atom. The molecule has 13 heteroatoms. The summed E-state index contributed by atoms with van der Waals surface area (Å²) in [6, 6.07) is 0. The predicted molar refractivity (Wildman–Crippen MR) is 88.6 cm³/mol. The lowest BCUT2D eigenvalue weighted by atomic mass is 10.1. The molecule has 0 bridgehead atoms. The number of hydrogen-bond donors (Lipinski definition) is 1. The van der Waals surface area contributed by atoms with Crippen LogP contribution in [0.15, 0.2) is 11.0 Å². The van der Waals surface area contributed by atoms with Crippen molar-refractivity contribution in [2.45, 2.75) is 45.3 Å². The van der Waals surface area contributed by atoms with Gasteiger partial charge in [0, 0.05) is 20.8 Å². The number of ether oxygens (including phenoxy) is 4. The van der Waals surface area contributed by atoms with Crippen molar-refractivity contribution in [1.82, 2.24) is 9.55 Å². The van der Waals surface area contributed by atoms with Crippen LogP contribution in [0.4, 0.5) is 4.39 Å². The maximum atomic E-state index is 13.9. The molecule has 1 aliphatic heterocycles. The van der Waals surface area contributed by atoms with Gasteiger partial charge in [-0.1, -0.05) is 0 Å². The van der Waals surface area contributed by atoms with Gasteiger partial charge in [-0.3, -0.25) is 28.5 Å². The molecule has 1 amide bonds. The van der Waals surface area contributed by atoms with Gasteiger partial charge in [0.15, 0.2) is 24.1 Å². The first-order valence-corrected chi connectivity index (χ1v) is 8.23. The van der Waals surface area contributed by atoms with Crippen molar-refractivity contribution in [1.29, 1.82) is 0 Å². The summed E-state index contributed by atoms with van der Waals surface area (Å²) in [5.74, 6) is -4.82. The van der Waals surface area contributed by atoms with Gasteiger partial charge >= 0.3 is 17.9 Å². The first-order chi connectivity index (χ1) is 13.5. The summed E-state index contributed by atoms with van der Waals surface area (Å²) in [6.45, 7) is 2.82. The molecule has 4 atom stereocenters. The number of esters is 3. The lowest BCUT2D eigenvalue weighted by Gasteiger charge is -2.24. The van der Waals surface area contributed by atoms with Gasteiger partial charge in [0.05, 0.1) is 6.20 Å². The average Bonchev–Trinajstić information content (AvgIpc) is 2.91. The molecule has 29 heavy (non-hydrogen) atoms. The lowest BCUT2D eigenvalue weighted by Crippen LogP contribution is -2.42. The molecular formula is C16H18FN3O9. The van der Waals surface area contributed by atoms with Crippen LogP contribution in [0.1, 0.15) is 37.5 Å². The van der Waals surface area contributed by atoms with Gasteiger partial charge in [0.25, 0.3) is 11.5 Å². The molecule has 4 unspecified atom stereocenters.